The summed E-state index contributed by atoms with van der Waals surface area (Å²) < 4.78 is 5.50. The van der Waals surface area contributed by atoms with Gasteiger partial charge in [-0.25, -0.2) is 0 Å². The van der Waals surface area contributed by atoms with E-state index in [1.165, 1.54) is 9.75 Å². The number of carbonyl (C=O) groups excluding carboxylic acids is 1. The number of benzene rings is 1. The van der Waals surface area contributed by atoms with Crippen molar-refractivity contribution in [3.8, 4) is 0 Å². The lowest BCUT2D eigenvalue weighted by atomic mass is 9.88. The first-order valence-electron chi connectivity index (χ1n) is 7.99. The first-order chi connectivity index (χ1) is 10.7. The SMILES string of the molecule is CC(C)(Cc1ccc(C(C)(C)C)s1)C(=O)OCc1ccccc1. The zero-order chi connectivity index (χ0) is 17.1. The molecular formula is C20H26O2S. The van der Waals surface area contributed by atoms with Crippen LogP contribution in [0, 0.1) is 5.41 Å². The Kier molecular flexibility index (Phi) is 5.30. The zero-order valence-electron chi connectivity index (χ0n) is 14.7. The van der Waals surface area contributed by atoms with Crippen molar-refractivity contribution in [3.63, 3.8) is 0 Å². The molecule has 0 fully saturated rings. The molecule has 3 heteroatoms. The van der Waals surface area contributed by atoms with Gasteiger partial charge in [-0.2, -0.15) is 0 Å². The summed E-state index contributed by atoms with van der Waals surface area (Å²) in [6.07, 6.45) is 0.710. The van der Waals surface area contributed by atoms with Gasteiger partial charge >= 0.3 is 5.97 Å². The van der Waals surface area contributed by atoms with Gasteiger partial charge in [-0.1, -0.05) is 51.1 Å². The van der Waals surface area contributed by atoms with Crippen LogP contribution in [0.3, 0.4) is 0 Å². The molecule has 124 valence electrons. The van der Waals surface area contributed by atoms with Crippen molar-refractivity contribution in [3.05, 3.63) is 57.8 Å². The lowest BCUT2D eigenvalue weighted by molar-refractivity contribution is -0.155. The van der Waals surface area contributed by atoms with Gasteiger partial charge in [-0.3, -0.25) is 4.79 Å². The van der Waals surface area contributed by atoms with Crippen LogP contribution in [0.15, 0.2) is 42.5 Å². The Hall–Kier alpha value is -1.61. The van der Waals surface area contributed by atoms with Crippen molar-refractivity contribution in [2.75, 3.05) is 0 Å². The predicted octanol–water partition coefficient (Wildman–Crippen LogP) is 5.36. The maximum atomic E-state index is 12.4. The number of hydrogen-bond donors (Lipinski definition) is 0. The van der Waals surface area contributed by atoms with E-state index in [0.717, 1.165) is 5.56 Å². The van der Waals surface area contributed by atoms with Crippen LogP contribution in [0.4, 0.5) is 0 Å². The molecule has 0 aliphatic carbocycles. The maximum absolute atomic E-state index is 12.4. The Bertz CT molecular complexity index is 648. The van der Waals surface area contributed by atoms with E-state index in [4.69, 9.17) is 4.74 Å². The lowest BCUT2D eigenvalue weighted by Gasteiger charge is -2.22. The quantitative estimate of drug-likeness (QED) is 0.690. The summed E-state index contributed by atoms with van der Waals surface area (Å²) in [5.41, 5.74) is 0.651. The van der Waals surface area contributed by atoms with Gasteiger partial charge in [0.05, 0.1) is 5.41 Å². The van der Waals surface area contributed by atoms with Gasteiger partial charge in [0.15, 0.2) is 0 Å². The highest BCUT2D eigenvalue weighted by Crippen LogP contribution is 2.33. The first-order valence-corrected chi connectivity index (χ1v) is 8.80. The molecule has 0 aliphatic rings. The molecule has 2 nitrogen and oxygen atoms in total. The fourth-order valence-electron chi connectivity index (χ4n) is 2.30. The predicted molar refractivity (Wildman–Crippen MR) is 96.7 cm³/mol. The van der Waals surface area contributed by atoms with E-state index in [0.29, 0.717) is 13.0 Å². The fraction of sp³-hybridized carbons (Fsp3) is 0.450. The molecule has 0 saturated heterocycles. The number of esters is 1. The summed E-state index contributed by atoms with van der Waals surface area (Å²) in [4.78, 5) is 15.0. The van der Waals surface area contributed by atoms with Gasteiger partial charge in [0.25, 0.3) is 0 Å². The number of thiophene rings is 1. The van der Waals surface area contributed by atoms with E-state index >= 15 is 0 Å². The van der Waals surface area contributed by atoms with E-state index in [9.17, 15) is 4.79 Å². The van der Waals surface area contributed by atoms with E-state index in [1.54, 1.807) is 11.3 Å². The largest absolute Gasteiger partial charge is 0.460 e. The molecule has 0 radical (unpaired) electrons. The smallest absolute Gasteiger partial charge is 0.312 e. The van der Waals surface area contributed by atoms with Crippen LogP contribution < -0.4 is 0 Å². The van der Waals surface area contributed by atoms with Crippen LogP contribution in [0.2, 0.25) is 0 Å². The summed E-state index contributed by atoms with van der Waals surface area (Å²) in [5.74, 6) is -0.146. The Labute approximate surface area is 143 Å². The highest BCUT2D eigenvalue weighted by Gasteiger charge is 2.31. The van der Waals surface area contributed by atoms with Crippen LogP contribution in [-0.4, -0.2) is 5.97 Å². The highest BCUT2D eigenvalue weighted by atomic mass is 32.1. The summed E-state index contributed by atoms with van der Waals surface area (Å²) >= 11 is 1.79. The molecule has 0 unspecified atom stereocenters. The minimum absolute atomic E-state index is 0.146. The molecule has 1 heterocycles. The van der Waals surface area contributed by atoms with Crippen LogP contribution >= 0.6 is 11.3 Å². The number of rotatable bonds is 5. The lowest BCUT2D eigenvalue weighted by Crippen LogP contribution is -2.28. The van der Waals surface area contributed by atoms with Crippen molar-refractivity contribution in [2.24, 2.45) is 5.41 Å². The van der Waals surface area contributed by atoms with Gasteiger partial charge in [0.2, 0.25) is 0 Å². The van der Waals surface area contributed by atoms with Gasteiger partial charge in [-0.05, 0) is 43.4 Å². The number of carbonyl (C=O) groups is 1. The van der Waals surface area contributed by atoms with E-state index in [1.807, 2.05) is 44.2 Å². The molecule has 0 N–H and O–H groups in total. The topological polar surface area (TPSA) is 26.3 Å². The van der Waals surface area contributed by atoms with Crippen molar-refractivity contribution < 1.29 is 9.53 Å². The molecule has 0 atom stereocenters. The summed E-state index contributed by atoms with van der Waals surface area (Å²) in [7, 11) is 0. The molecule has 1 aromatic heterocycles. The molecule has 1 aromatic carbocycles. The van der Waals surface area contributed by atoms with Crippen molar-refractivity contribution in [2.45, 2.75) is 53.1 Å². The van der Waals surface area contributed by atoms with Gasteiger partial charge in [0.1, 0.15) is 6.61 Å². The molecule has 2 aromatic rings. The maximum Gasteiger partial charge on any atom is 0.312 e. The van der Waals surface area contributed by atoms with Crippen LogP contribution in [0.5, 0.6) is 0 Å². The third-order valence-electron chi connectivity index (χ3n) is 3.78. The second-order valence-corrected chi connectivity index (χ2v) is 8.81. The van der Waals surface area contributed by atoms with Crippen LogP contribution in [-0.2, 0) is 28.0 Å². The molecule has 23 heavy (non-hydrogen) atoms. The average molecular weight is 330 g/mol. The Morgan fingerprint density at radius 2 is 1.65 bits per heavy atom. The second kappa shape index (κ2) is 6.88. The van der Waals surface area contributed by atoms with Crippen LogP contribution in [0.1, 0.15) is 49.9 Å². The Balaban J connectivity index is 1.97. The fourth-order valence-corrected chi connectivity index (χ4v) is 3.60. The van der Waals surface area contributed by atoms with Gasteiger partial charge < -0.3 is 4.74 Å². The molecule has 0 amide bonds. The zero-order valence-corrected chi connectivity index (χ0v) is 15.5. The van der Waals surface area contributed by atoms with Crippen molar-refractivity contribution >= 4 is 17.3 Å². The minimum Gasteiger partial charge on any atom is -0.460 e. The Morgan fingerprint density at radius 1 is 1.00 bits per heavy atom. The van der Waals surface area contributed by atoms with E-state index < -0.39 is 5.41 Å². The standard InChI is InChI=1S/C20H26O2S/c1-19(2,3)17-12-11-16(23-17)13-20(4,5)18(21)22-14-15-9-7-6-8-10-15/h6-12H,13-14H2,1-5H3. The minimum atomic E-state index is -0.519. The number of hydrogen-bond acceptors (Lipinski definition) is 3. The van der Waals surface area contributed by atoms with Crippen LogP contribution in [0.25, 0.3) is 0 Å². The normalized spacial score (nSPS) is 12.2. The molecular weight excluding hydrogens is 304 g/mol. The molecule has 0 spiro atoms. The second-order valence-electron chi connectivity index (χ2n) is 7.64. The monoisotopic (exact) mass is 330 g/mol. The molecule has 0 aliphatic heterocycles. The first kappa shape index (κ1) is 17.7. The highest BCUT2D eigenvalue weighted by molar-refractivity contribution is 7.12. The van der Waals surface area contributed by atoms with E-state index in [-0.39, 0.29) is 11.4 Å². The summed E-state index contributed by atoms with van der Waals surface area (Å²) in [6.45, 7) is 10.9. The van der Waals surface area contributed by atoms with Crippen molar-refractivity contribution in [1.82, 2.24) is 0 Å². The van der Waals surface area contributed by atoms with E-state index in [2.05, 4.69) is 32.9 Å². The van der Waals surface area contributed by atoms with Crippen molar-refractivity contribution in [1.29, 1.82) is 0 Å². The third-order valence-corrected chi connectivity index (χ3v) is 5.29. The van der Waals surface area contributed by atoms with Gasteiger partial charge in [-0.15, -0.1) is 11.3 Å². The molecule has 0 bridgehead atoms. The number of ether oxygens (including phenoxy) is 1. The average Bonchev–Trinajstić information content (AvgIpc) is 2.93. The Morgan fingerprint density at radius 3 is 2.22 bits per heavy atom. The molecule has 0 saturated carbocycles. The molecule has 2 rings (SSSR count). The summed E-state index contributed by atoms with van der Waals surface area (Å²) in [6, 6.07) is 14.1. The summed E-state index contributed by atoms with van der Waals surface area (Å²) in [5, 5.41) is 0. The third kappa shape index (κ3) is 4.93. The van der Waals surface area contributed by atoms with Gasteiger partial charge in [0, 0.05) is 9.75 Å².